The maximum atomic E-state index is 12.5. The Morgan fingerprint density at radius 1 is 1.48 bits per heavy atom. The van der Waals surface area contributed by atoms with Gasteiger partial charge in [0.15, 0.2) is 0 Å². The Bertz CT molecular complexity index is 695. The fourth-order valence-corrected chi connectivity index (χ4v) is 3.91. The summed E-state index contributed by atoms with van der Waals surface area (Å²) in [7, 11) is -3.83. The largest absolute Gasteiger partial charge is 0.478 e. The van der Waals surface area contributed by atoms with Crippen LogP contribution in [-0.4, -0.2) is 36.9 Å². The van der Waals surface area contributed by atoms with E-state index in [9.17, 15) is 13.2 Å². The van der Waals surface area contributed by atoms with E-state index in [2.05, 4.69) is 15.9 Å². The Labute approximate surface area is 132 Å². The van der Waals surface area contributed by atoms with Crippen molar-refractivity contribution < 1.29 is 18.3 Å². The van der Waals surface area contributed by atoms with Crippen LogP contribution in [0.25, 0.3) is 0 Å². The smallest absolute Gasteiger partial charge is 0.336 e. The number of sulfonamides is 1. The van der Waals surface area contributed by atoms with Crippen LogP contribution in [0.5, 0.6) is 0 Å². The van der Waals surface area contributed by atoms with Crippen molar-refractivity contribution in [3.05, 3.63) is 27.7 Å². The summed E-state index contributed by atoms with van der Waals surface area (Å²) >= 11 is 3.18. The number of hydrogen-bond acceptors (Lipinski definition) is 4. The van der Waals surface area contributed by atoms with Crippen LogP contribution < -0.4 is 0 Å². The third-order valence-corrected chi connectivity index (χ3v) is 5.79. The lowest BCUT2D eigenvalue weighted by Gasteiger charge is -2.20. The van der Waals surface area contributed by atoms with Gasteiger partial charge in [0, 0.05) is 24.0 Å². The Balaban J connectivity index is 3.38. The summed E-state index contributed by atoms with van der Waals surface area (Å²) in [5.74, 6) is -1.19. The lowest BCUT2D eigenvalue weighted by atomic mass is 10.1. The predicted molar refractivity (Wildman–Crippen MR) is 80.5 cm³/mol. The molecule has 0 aliphatic heterocycles. The van der Waals surface area contributed by atoms with Crippen molar-refractivity contribution in [2.75, 3.05) is 13.1 Å². The van der Waals surface area contributed by atoms with Crippen LogP contribution in [0, 0.1) is 18.3 Å². The normalized spacial score (nSPS) is 11.4. The highest BCUT2D eigenvalue weighted by molar-refractivity contribution is 9.10. The van der Waals surface area contributed by atoms with Gasteiger partial charge >= 0.3 is 5.97 Å². The van der Waals surface area contributed by atoms with Crippen LogP contribution in [0.3, 0.4) is 0 Å². The second kappa shape index (κ2) is 7.02. The molecule has 0 fully saturated rings. The molecule has 1 N–H and O–H groups in total. The first-order chi connectivity index (χ1) is 9.75. The summed E-state index contributed by atoms with van der Waals surface area (Å²) in [6.07, 6.45) is 0.0753. The molecule has 6 nitrogen and oxygen atoms in total. The molecular weight excluding hydrogens is 360 g/mol. The molecule has 0 spiro atoms. The van der Waals surface area contributed by atoms with Crippen molar-refractivity contribution in [1.29, 1.82) is 5.26 Å². The highest BCUT2D eigenvalue weighted by Gasteiger charge is 2.25. The van der Waals surface area contributed by atoms with Gasteiger partial charge < -0.3 is 5.11 Å². The highest BCUT2D eigenvalue weighted by atomic mass is 79.9. The lowest BCUT2D eigenvalue weighted by molar-refractivity contribution is 0.0695. The van der Waals surface area contributed by atoms with Crippen LogP contribution >= 0.6 is 15.9 Å². The van der Waals surface area contributed by atoms with E-state index >= 15 is 0 Å². The molecule has 0 saturated carbocycles. The molecule has 8 heteroatoms. The molecule has 0 atom stereocenters. The second-order valence-corrected chi connectivity index (χ2v) is 7.08. The minimum atomic E-state index is -3.83. The number of nitriles is 1. The van der Waals surface area contributed by atoms with Crippen LogP contribution in [0.2, 0.25) is 0 Å². The number of halogens is 1. The van der Waals surface area contributed by atoms with Crippen molar-refractivity contribution in [2.24, 2.45) is 0 Å². The van der Waals surface area contributed by atoms with Crippen molar-refractivity contribution in [2.45, 2.75) is 25.2 Å². The molecule has 1 rings (SSSR count). The molecule has 0 amide bonds. The zero-order valence-corrected chi connectivity index (χ0v) is 14.0. The Kier molecular flexibility index (Phi) is 5.89. The monoisotopic (exact) mass is 374 g/mol. The maximum absolute atomic E-state index is 12.5. The average molecular weight is 375 g/mol. The Morgan fingerprint density at radius 3 is 2.57 bits per heavy atom. The molecule has 21 heavy (non-hydrogen) atoms. The van der Waals surface area contributed by atoms with Crippen molar-refractivity contribution in [3.8, 4) is 6.07 Å². The molecule has 0 aliphatic carbocycles. The summed E-state index contributed by atoms with van der Waals surface area (Å²) in [6, 6.07) is 4.42. The Hall–Kier alpha value is -1.43. The lowest BCUT2D eigenvalue weighted by Crippen LogP contribution is -2.32. The fourth-order valence-electron chi connectivity index (χ4n) is 1.80. The maximum Gasteiger partial charge on any atom is 0.336 e. The third-order valence-electron chi connectivity index (χ3n) is 3.01. The van der Waals surface area contributed by atoms with Gasteiger partial charge in [-0.3, -0.25) is 0 Å². The Morgan fingerprint density at radius 2 is 2.10 bits per heavy atom. The molecular formula is C13H15BrN2O4S. The van der Waals surface area contributed by atoms with Gasteiger partial charge in [-0.1, -0.05) is 22.9 Å². The third kappa shape index (κ3) is 3.81. The molecule has 0 saturated heterocycles. The van der Waals surface area contributed by atoms with E-state index in [-0.39, 0.29) is 30.0 Å². The average Bonchev–Trinajstić information content (AvgIpc) is 2.41. The minimum absolute atomic E-state index is 0.0701. The fraction of sp³-hybridized carbons (Fsp3) is 0.385. The number of hydrogen-bond donors (Lipinski definition) is 1. The van der Waals surface area contributed by atoms with Gasteiger partial charge in [0.1, 0.15) is 0 Å². The van der Waals surface area contributed by atoms with E-state index < -0.39 is 16.0 Å². The molecule has 0 unspecified atom stereocenters. The van der Waals surface area contributed by atoms with E-state index in [1.54, 1.807) is 13.8 Å². The molecule has 1 aromatic rings. The minimum Gasteiger partial charge on any atom is -0.478 e. The van der Waals surface area contributed by atoms with Gasteiger partial charge in [0.05, 0.1) is 16.5 Å². The van der Waals surface area contributed by atoms with Crippen LogP contribution in [-0.2, 0) is 10.0 Å². The van der Waals surface area contributed by atoms with E-state index in [0.717, 1.165) is 10.4 Å². The van der Waals surface area contributed by atoms with Crippen molar-refractivity contribution in [1.82, 2.24) is 4.31 Å². The van der Waals surface area contributed by atoms with Gasteiger partial charge in [-0.25, -0.2) is 13.2 Å². The number of carbonyl (C=O) groups is 1. The summed E-state index contributed by atoms with van der Waals surface area (Å²) in [4.78, 5) is 11.1. The first-order valence-corrected chi connectivity index (χ1v) is 8.39. The molecule has 0 heterocycles. The zero-order valence-electron chi connectivity index (χ0n) is 11.6. The summed E-state index contributed by atoms with van der Waals surface area (Å²) in [6.45, 7) is 3.54. The van der Waals surface area contributed by atoms with Crippen molar-refractivity contribution >= 4 is 31.9 Å². The van der Waals surface area contributed by atoms with Gasteiger partial charge in [-0.2, -0.15) is 9.57 Å². The number of aromatic carboxylic acids is 1. The number of carboxylic acids is 1. The first-order valence-electron chi connectivity index (χ1n) is 6.16. The van der Waals surface area contributed by atoms with E-state index in [0.29, 0.717) is 10.0 Å². The summed E-state index contributed by atoms with van der Waals surface area (Å²) < 4.78 is 26.6. The number of rotatable bonds is 6. The molecule has 0 bridgehead atoms. The second-order valence-electron chi connectivity index (χ2n) is 4.29. The standard InChI is InChI=1S/C13H15BrN2O4S/c1-3-16(6-4-5-15)21(19,20)10-7-11(13(17)18)9(2)12(14)8-10/h7-8H,3-4,6H2,1-2H3,(H,17,18). The van der Waals surface area contributed by atoms with E-state index in [1.807, 2.05) is 6.07 Å². The van der Waals surface area contributed by atoms with Crippen LogP contribution in [0.4, 0.5) is 0 Å². The molecule has 0 aliphatic rings. The number of benzene rings is 1. The van der Waals surface area contributed by atoms with E-state index in [1.165, 1.54) is 6.07 Å². The van der Waals surface area contributed by atoms with Gasteiger partial charge in [0.25, 0.3) is 0 Å². The van der Waals surface area contributed by atoms with Crippen molar-refractivity contribution in [3.63, 3.8) is 0 Å². The first kappa shape index (κ1) is 17.6. The summed E-state index contributed by atoms with van der Waals surface area (Å²) in [5.41, 5.74) is 0.390. The molecule has 0 radical (unpaired) electrons. The van der Waals surface area contributed by atoms with Crippen LogP contribution in [0.1, 0.15) is 29.3 Å². The van der Waals surface area contributed by atoms with E-state index in [4.69, 9.17) is 10.4 Å². The molecule has 1 aromatic carbocycles. The summed E-state index contributed by atoms with van der Waals surface area (Å²) in [5, 5.41) is 17.7. The SMILES string of the molecule is CCN(CCC#N)S(=O)(=O)c1cc(Br)c(C)c(C(=O)O)c1. The zero-order chi connectivity index (χ0) is 16.2. The topological polar surface area (TPSA) is 98.5 Å². The van der Waals surface area contributed by atoms with Gasteiger partial charge in [0.2, 0.25) is 10.0 Å². The number of nitrogens with zero attached hydrogens (tertiary/aromatic N) is 2. The van der Waals surface area contributed by atoms with Crippen LogP contribution in [0.15, 0.2) is 21.5 Å². The molecule has 114 valence electrons. The van der Waals surface area contributed by atoms with Gasteiger partial charge in [-0.05, 0) is 24.6 Å². The highest BCUT2D eigenvalue weighted by Crippen LogP contribution is 2.27. The quantitative estimate of drug-likeness (QED) is 0.823. The van der Waals surface area contributed by atoms with Gasteiger partial charge in [-0.15, -0.1) is 0 Å². The number of carboxylic acid groups (broad SMARTS) is 1. The molecule has 0 aromatic heterocycles. The predicted octanol–water partition coefficient (Wildman–Crippen LogP) is 2.38.